The molecular weight excluding hydrogens is 352 g/mol. The third-order valence-corrected chi connectivity index (χ3v) is 5.45. The molecule has 1 aliphatic heterocycles. The number of methoxy groups -OCH3 is 2. The monoisotopic (exact) mass is 382 g/mol. The Labute approximate surface area is 167 Å². The molecule has 0 radical (unpaired) electrons. The smallest absolute Gasteiger partial charge is 0.238 e. The largest absolute Gasteiger partial charge is 0.497 e. The summed E-state index contributed by atoms with van der Waals surface area (Å²) in [5, 5.41) is 3.12. The van der Waals surface area contributed by atoms with Crippen LogP contribution < -0.4 is 14.8 Å². The van der Waals surface area contributed by atoms with Crippen LogP contribution in [0, 0.1) is 20.8 Å². The number of amides is 1. The Bertz CT molecular complexity index is 840. The molecule has 1 aliphatic rings. The summed E-state index contributed by atoms with van der Waals surface area (Å²) in [5.41, 5.74) is 5.44. The van der Waals surface area contributed by atoms with Crippen LogP contribution in [0.15, 0.2) is 30.3 Å². The number of aryl methyl sites for hydroxylation is 3. The lowest BCUT2D eigenvalue weighted by molar-refractivity contribution is -0.117. The van der Waals surface area contributed by atoms with E-state index in [0.29, 0.717) is 6.54 Å². The van der Waals surface area contributed by atoms with Gasteiger partial charge in [0.05, 0.1) is 20.8 Å². The topological polar surface area (TPSA) is 50.8 Å². The highest BCUT2D eigenvalue weighted by atomic mass is 16.5. The molecule has 0 aliphatic carbocycles. The van der Waals surface area contributed by atoms with E-state index in [9.17, 15) is 4.79 Å². The Morgan fingerprint density at radius 2 is 1.82 bits per heavy atom. The van der Waals surface area contributed by atoms with Gasteiger partial charge in [-0.05, 0) is 57.4 Å². The lowest BCUT2D eigenvalue weighted by Crippen LogP contribution is -2.33. The van der Waals surface area contributed by atoms with Crippen LogP contribution in [0.4, 0.5) is 5.69 Å². The fraction of sp³-hybridized carbons (Fsp3) is 0.435. The van der Waals surface area contributed by atoms with Crippen LogP contribution in [0.25, 0.3) is 0 Å². The van der Waals surface area contributed by atoms with Gasteiger partial charge in [0.15, 0.2) is 0 Å². The molecule has 0 unspecified atom stereocenters. The molecule has 3 rings (SSSR count). The number of carbonyl (C=O) groups is 1. The van der Waals surface area contributed by atoms with Gasteiger partial charge >= 0.3 is 0 Å². The van der Waals surface area contributed by atoms with E-state index in [1.807, 2.05) is 32.0 Å². The van der Waals surface area contributed by atoms with Gasteiger partial charge in [-0.3, -0.25) is 9.69 Å². The summed E-state index contributed by atoms with van der Waals surface area (Å²) in [6.45, 7) is 7.42. The number of hydrogen-bond acceptors (Lipinski definition) is 4. The average Bonchev–Trinajstić information content (AvgIpc) is 3.11. The second-order valence-corrected chi connectivity index (χ2v) is 7.56. The quantitative estimate of drug-likeness (QED) is 0.804. The van der Waals surface area contributed by atoms with Crippen molar-refractivity contribution < 1.29 is 14.3 Å². The zero-order valence-corrected chi connectivity index (χ0v) is 17.5. The second kappa shape index (κ2) is 8.65. The first-order valence-electron chi connectivity index (χ1n) is 9.76. The molecule has 5 nitrogen and oxygen atoms in total. The van der Waals surface area contributed by atoms with E-state index in [4.69, 9.17) is 9.47 Å². The van der Waals surface area contributed by atoms with E-state index >= 15 is 0 Å². The number of rotatable bonds is 6. The van der Waals surface area contributed by atoms with Gasteiger partial charge in [0.1, 0.15) is 11.5 Å². The maximum atomic E-state index is 12.8. The van der Waals surface area contributed by atoms with E-state index in [-0.39, 0.29) is 11.9 Å². The molecule has 28 heavy (non-hydrogen) atoms. The normalized spacial score (nSPS) is 16.8. The van der Waals surface area contributed by atoms with Gasteiger partial charge in [0.2, 0.25) is 5.91 Å². The summed E-state index contributed by atoms with van der Waals surface area (Å²) >= 11 is 0. The predicted molar refractivity (Wildman–Crippen MR) is 112 cm³/mol. The Morgan fingerprint density at radius 3 is 2.46 bits per heavy atom. The first kappa shape index (κ1) is 20.2. The fourth-order valence-electron chi connectivity index (χ4n) is 4.20. The molecular formula is C23H30N2O3. The highest BCUT2D eigenvalue weighted by molar-refractivity contribution is 5.93. The van der Waals surface area contributed by atoms with Crippen molar-refractivity contribution in [3.63, 3.8) is 0 Å². The number of nitrogens with one attached hydrogen (secondary N) is 1. The standard InChI is InChI=1S/C23H30N2O3/c1-15-11-16(2)23(17(3)12-15)24-22(26)14-25-10-6-7-20(25)19-9-8-18(27-4)13-21(19)28-5/h8-9,11-13,20H,6-7,10,14H2,1-5H3,(H,24,26)/t20-/m0/s1. The van der Waals surface area contributed by atoms with Crippen molar-refractivity contribution >= 4 is 11.6 Å². The van der Waals surface area contributed by atoms with Crippen molar-refractivity contribution in [2.45, 2.75) is 39.7 Å². The number of ether oxygens (including phenoxy) is 2. The maximum absolute atomic E-state index is 12.8. The molecule has 2 aromatic rings. The molecule has 0 aromatic heterocycles. The Balaban J connectivity index is 1.75. The molecule has 1 N–H and O–H groups in total. The lowest BCUT2D eigenvalue weighted by Gasteiger charge is -2.26. The minimum absolute atomic E-state index is 0.0226. The third kappa shape index (κ3) is 4.30. The lowest BCUT2D eigenvalue weighted by atomic mass is 10.0. The zero-order chi connectivity index (χ0) is 20.3. The number of likely N-dealkylation sites (tertiary alicyclic amines) is 1. The molecule has 1 atom stereocenters. The number of anilines is 1. The van der Waals surface area contributed by atoms with Gasteiger partial charge in [-0.25, -0.2) is 0 Å². The van der Waals surface area contributed by atoms with Crippen molar-refractivity contribution in [1.82, 2.24) is 4.90 Å². The van der Waals surface area contributed by atoms with Crippen LogP contribution in [0.2, 0.25) is 0 Å². The predicted octanol–water partition coefficient (Wildman–Crippen LogP) is 4.40. The van der Waals surface area contributed by atoms with Crippen molar-refractivity contribution in [2.24, 2.45) is 0 Å². The van der Waals surface area contributed by atoms with Gasteiger partial charge in [0, 0.05) is 23.4 Å². The van der Waals surface area contributed by atoms with Crippen LogP contribution in [-0.2, 0) is 4.79 Å². The molecule has 1 fully saturated rings. The first-order chi connectivity index (χ1) is 13.4. The summed E-state index contributed by atoms with van der Waals surface area (Å²) in [5.74, 6) is 1.60. The minimum Gasteiger partial charge on any atom is -0.497 e. The molecule has 2 aromatic carbocycles. The first-order valence-corrected chi connectivity index (χ1v) is 9.76. The van der Waals surface area contributed by atoms with Gasteiger partial charge < -0.3 is 14.8 Å². The Kier molecular flexibility index (Phi) is 6.25. The Hall–Kier alpha value is -2.53. The van der Waals surface area contributed by atoms with E-state index in [1.54, 1.807) is 14.2 Å². The zero-order valence-electron chi connectivity index (χ0n) is 17.5. The number of nitrogens with zero attached hydrogens (tertiary/aromatic N) is 1. The van der Waals surface area contributed by atoms with Gasteiger partial charge in [0.25, 0.3) is 0 Å². The second-order valence-electron chi connectivity index (χ2n) is 7.56. The summed E-state index contributed by atoms with van der Waals surface area (Å²) in [4.78, 5) is 15.0. The van der Waals surface area contributed by atoms with E-state index < -0.39 is 0 Å². The van der Waals surface area contributed by atoms with Crippen molar-refractivity contribution in [2.75, 3.05) is 32.6 Å². The van der Waals surface area contributed by atoms with E-state index in [2.05, 4.69) is 29.3 Å². The summed E-state index contributed by atoms with van der Waals surface area (Å²) < 4.78 is 10.9. The van der Waals surface area contributed by atoms with Gasteiger partial charge in [-0.15, -0.1) is 0 Å². The summed E-state index contributed by atoms with van der Waals surface area (Å²) in [6.07, 6.45) is 2.08. The molecule has 1 heterocycles. The molecule has 0 spiro atoms. The maximum Gasteiger partial charge on any atom is 0.238 e. The SMILES string of the molecule is COc1ccc([C@@H]2CCCN2CC(=O)Nc2c(C)cc(C)cc2C)c(OC)c1. The third-order valence-electron chi connectivity index (χ3n) is 5.45. The Morgan fingerprint density at radius 1 is 1.11 bits per heavy atom. The molecule has 0 bridgehead atoms. The molecule has 5 heteroatoms. The highest BCUT2D eigenvalue weighted by Crippen LogP contribution is 2.38. The molecule has 150 valence electrons. The van der Waals surface area contributed by atoms with Crippen LogP contribution in [-0.4, -0.2) is 38.1 Å². The van der Waals surface area contributed by atoms with Gasteiger partial charge in [-0.2, -0.15) is 0 Å². The summed E-state index contributed by atoms with van der Waals surface area (Å²) in [7, 11) is 3.32. The van der Waals surface area contributed by atoms with Crippen LogP contribution in [0.3, 0.4) is 0 Å². The van der Waals surface area contributed by atoms with Crippen molar-refractivity contribution in [3.8, 4) is 11.5 Å². The van der Waals surface area contributed by atoms with Crippen molar-refractivity contribution in [3.05, 3.63) is 52.6 Å². The minimum atomic E-state index is 0.0226. The number of benzene rings is 2. The van der Waals surface area contributed by atoms with Crippen LogP contribution >= 0.6 is 0 Å². The van der Waals surface area contributed by atoms with Crippen LogP contribution in [0.5, 0.6) is 11.5 Å². The molecule has 1 amide bonds. The van der Waals surface area contributed by atoms with Crippen LogP contribution in [0.1, 0.15) is 41.1 Å². The number of carbonyl (C=O) groups excluding carboxylic acids is 1. The number of hydrogen-bond donors (Lipinski definition) is 1. The van der Waals surface area contributed by atoms with Gasteiger partial charge in [-0.1, -0.05) is 23.8 Å². The molecule has 1 saturated heterocycles. The molecule has 0 saturated carbocycles. The average molecular weight is 383 g/mol. The van der Waals surface area contributed by atoms with E-state index in [1.165, 1.54) is 5.56 Å². The van der Waals surface area contributed by atoms with E-state index in [0.717, 1.165) is 53.3 Å². The van der Waals surface area contributed by atoms with Crippen molar-refractivity contribution in [1.29, 1.82) is 0 Å². The fourth-order valence-corrected chi connectivity index (χ4v) is 4.20. The highest BCUT2D eigenvalue weighted by Gasteiger charge is 2.30. The summed E-state index contributed by atoms with van der Waals surface area (Å²) in [6, 6.07) is 10.3.